The Hall–Kier alpha value is -3.69. The summed E-state index contributed by atoms with van der Waals surface area (Å²) in [5.74, 6) is -1.54. The molecule has 2 aliphatic rings. The Labute approximate surface area is 206 Å². The van der Waals surface area contributed by atoms with Gasteiger partial charge in [0.1, 0.15) is 18.2 Å². The summed E-state index contributed by atoms with van der Waals surface area (Å²) in [5, 5.41) is 8.73. The molecular weight excluding hydrogens is 468 g/mol. The summed E-state index contributed by atoms with van der Waals surface area (Å²) in [6.45, 7) is 6.74. The van der Waals surface area contributed by atoms with Gasteiger partial charge in [0.25, 0.3) is 5.56 Å². The number of rotatable bonds is 6. The smallest absolute Gasteiger partial charge is 0.328 e. The Morgan fingerprint density at radius 1 is 1.19 bits per heavy atom. The van der Waals surface area contributed by atoms with E-state index in [-0.39, 0.29) is 35.0 Å². The maximum atomic E-state index is 14.4. The number of nitrogens with one attached hydrogen (secondary N) is 1. The van der Waals surface area contributed by atoms with E-state index in [1.54, 1.807) is 11.0 Å². The first kappa shape index (κ1) is 24.0. The minimum Gasteiger partial charge on any atom is -0.340 e. The molecule has 36 heavy (non-hydrogen) atoms. The molecule has 2 heterocycles. The predicted molar refractivity (Wildman–Crippen MR) is 128 cm³/mol. The number of aromatic amines is 1. The molecule has 3 aromatic rings. The van der Waals surface area contributed by atoms with Crippen molar-refractivity contribution in [2.75, 3.05) is 13.1 Å². The van der Waals surface area contributed by atoms with E-state index >= 15 is 0 Å². The Morgan fingerprint density at radius 3 is 2.58 bits per heavy atom. The van der Waals surface area contributed by atoms with Crippen LogP contribution in [0.25, 0.3) is 11.3 Å². The summed E-state index contributed by atoms with van der Waals surface area (Å²) < 4.78 is 30.1. The summed E-state index contributed by atoms with van der Waals surface area (Å²) >= 11 is 0. The molecule has 1 saturated carbocycles. The van der Waals surface area contributed by atoms with Gasteiger partial charge < -0.3 is 4.90 Å². The zero-order valence-corrected chi connectivity index (χ0v) is 20.3. The second kappa shape index (κ2) is 8.46. The van der Waals surface area contributed by atoms with Crippen LogP contribution < -0.4 is 11.2 Å². The molecule has 1 fully saturated rings. The van der Waals surface area contributed by atoms with Crippen molar-refractivity contribution < 1.29 is 13.6 Å². The molecule has 1 aromatic carbocycles. The Kier molecular flexibility index (Phi) is 5.65. The van der Waals surface area contributed by atoms with E-state index in [0.717, 1.165) is 24.1 Å². The van der Waals surface area contributed by atoms with Crippen molar-refractivity contribution in [2.24, 2.45) is 5.41 Å². The molecule has 2 bridgehead atoms. The van der Waals surface area contributed by atoms with Crippen LogP contribution in [0.1, 0.15) is 50.8 Å². The highest BCUT2D eigenvalue weighted by atomic mass is 19.1. The van der Waals surface area contributed by atoms with Crippen LogP contribution in [0.15, 0.2) is 46.1 Å². The molecule has 0 unspecified atom stereocenters. The fourth-order valence-corrected chi connectivity index (χ4v) is 6.16. The van der Waals surface area contributed by atoms with Gasteiger partial charge in [0.05, 0.1) is 17.0 Å². The van der Waals surface area contributed by atoms with E-state index < -0.39 is 28.3 Å². The van der Waals surface area contributed by atoms with Crippen molar-refractivity contribution in [3.05, 3.63) is 80.3 Å². The lowest BCUT2D eigenvalue weighted by atomic mass is 9.68. The van der Waals surface area contributed by atoms with Crippen molar-refractivity contribution in [1.82, 2.24) is 24.6 Å². The largest absolute Gasteiger partial charge is 0.340 e. The molecule has 2 aromatic heterocycles. The highest BCUT2D eigenvalue weighted by molar-refractivity contribution is 5.76. The number of amides is 1. The van der Waals surface area contributed by atoms with Gasteiger partial charge in [-0.3, -0.25) is 19.1 Å². The lowest BCUT2D eigenvalue weighted by Gasteiger charge is -2.41. The zero-order valence-electron chi connectivity index (χ0n) is 20.3. The van der Waals surface area contributed by atoms with E-state index in [1.165, 1.54) is 35.0 Å². The highest BCUT2D eigenvalue weighted by Gasteiger charge is 2.64. The Balaban J connectivity index is 1.50. The summed E-state index contributed by atoms with van der Waals surface area (Å²) in [5.41, 5.74) is -0.299. The van der Waals surface area contributed by atoms with Gasteiger partial charge in [-0.15, -0.1) is 0 Å². The van der Waals surface area contributed by atoms with Crippen LogP contribution in [0, 0.1) is 17.0 Å². The summed E-state index contributed by atoms with van der Waals surface area (Å²) in [6, 6.07) is 6.65. The monoisotopic (exact) mass is 495 g/mol. The van der Waals surface area contributed by atoms with Gasteiger partial charge in [0, 0.05) is 30.8 Å². The molecule has 2 aliphatic carbocycles. The quantitative estimate of drug-likeness (QED) is 0.567. The molecule has 10 heteroatoms. The minimum atomic E-state index is -0.693. The lowest BCUT2D eigenvalue weighted by molar-refractivity contribution is -0.133. The number of aromatic nitrogens is 4. The maximum absolute atomic E-state index is 14.4. The number of carbonyl (C=O) groups is 1. The van der Waals surface area contributed by atoms with Crippen molar-refractivity contribution in [1.29, 1.82) is 0 Å². The van der Waals surface area contributed by atoms with Gasteiger partial charge in [-0.05, 0) is 54.9 Å². The number of likely N-dealkylation sites (N-methyl/N-ethyl adjacent to an activating group) is 1. The summed E-state index contributed by atoms with van der Waals surface area (Å²) in [6.07, 6.45) is 2.96. The number of benzene rings is 1. The Morgan fingerprint density at radius 2 is 1.92 bits per heavy atom. The van der Waals surface area contributed by atoms with Gasteiger partial charge in [-0.25, -0.2) is 13.6 Å². The number of hydrogen-bond donors (Lipinski definition) is 1. The second-order valence-corrected chi connectivity index (χ2v) is 10.2. The summed E-state index contributed by atoms with van der Waals surface area (Å²) in [4.78, 5) is 40.5. The first-order valence-corrected chi connectivity index (χ1v) is 12.0. The van der Waals surface area contributed by atoms with Crippen molar-refractivity contribution in [2.45, 2.75) is 51.5 Å². The van der Waals surface area contributed by atoms with Crippen LogP contribution in [-0.4, -0.2) is 43.6 Å². The Bertz CT molecular complexity index is 1460. The first-order valence-electron chi connectivity index (χ1n) is 12.0. The van der Waals surface area contributed by atoms with Crippen LogP contribution in [0.4, 0.5) is 8.78 Å². The molecule has 1 amide bonds. The van der Waals surface area contributed by atoms with E-state index in [4.69, 9.17) is 0 Å². The van der Waals surface area contributed by atoms with Crippen LogP contribution in [0.5, 0.6) is 0 Å². The molecule has 2 atom stereocenters. The van der Waals surface area contributed by atoms with Gasteiger partial charge in [-0.2, -0.15) is 10.2 Å². The predicted octanol–water partition coefficient (Wildman–Crippen LogP) is 2.98. The fourth-order valence-electron chi connectivity index (χ4n) is 6.16. The SMILES string of the molecule is CCN(C[C@@]12CC[C@@H](c3cc(-c4c(F)cccc4F)nnc31)C2(C)C)C(=O)Cn1ccc(=O)[nH]c1=O. The molecule has 8 nitrogen and oxygen atoms in total. The second-order valence-electron chi connectivity index (χ2n) is 10.2. The fraction of sp³-hybridized carbons (Fsp3) is 0.423. The number of halogens is 2. The normalized spacial score (nSPS) is 21.4. The highest BCUT2D eigenvalue weighted by Crippen LogP contribution is 2.67. The molecular formula is C26H27F2N5O3. The molecule has 188 valence electrons. The molecule has 0 saturated heterocycles. The maximum Gasteiger partial charge on any atom is 0.328 e. The first-order chi connectivity index (χ1) is 17.1. The average Bonchev–Trinajstić information content (AvgIpc) is 3.19. The van der Waals surface area contributed by atoms with Crippen molar-refractivity contribution in [3.8, 4) is 11.3 Å². The standard InChI is InChI=1S/C26H27F2N5O3/c1-4-32(21(35)13-33-11-9-20(34)29-24(33)36)14-26-10-8-16(25(26,2)3)15-12-19(30-31-23(15)26)22-17(27)6-5-7-18(22)28/h5-7,9,11-12,16H,4,8,10,13-14H2,1-3H3,(H,29,34,36)/t16-,26-/m0/s1. The van der Waals surface area contributed by atoms with Crippen molar-refractivity contribution >= 4 is 5.91 Å². The van der Waals surface area contributed by atoms with Crippen LogP contribution >= 0.6 is 0 Å². The molecule has 0 radical (unpaired) electrons. The number of carbonyl (C=O) groups excluding carboxylic acids is 1. The third-order valence-corrected chi connectivity index (χ3v) is 8.23. The number of fused-ring (bicyclic) bond motifs is 5. The van der Waals surface area contributed by atoms with E-state index in [9.17, 15) is 23.2 Å². The van der Waals surface area contributed by atoms with E-state index in [1.807, 2.05) is 6.92 Å². The third kappa shape index (κ3) is 3.50. The van der Waals surface area contributed by atoms with Crippen LogP contribution in [0.3, 0.4) is 0 Å². The number of nitrogens with zero attached hydrogens (tertiary/aromatic N) is 4. The number of H-pyrrole nitrogens is 1. The zero-order chi connectivity index (χ0) is 25.8. The molecule has 1 N–H and O–H groups in total. The number of hydrogen-bond acceptors (Lipinski definition) is 5. The molecule has 0 aliphatic heterocycles. The van der Waals surface area contributed by atoms with Gasteiger partial charge in [0.15, 0.2) is 0 Å². The topological polar surface area (TPSA) is 101 Å². The van der Waals surface area contributed by atoms with Crippen LogP contribution in [0.2, 0.25) is 0 Å². The van der Waals surface area contributed by atoms with Crippen molar-refractivity contribution in [3.63, 3.8) is 0 Å². The lowest BCUT2D eigenvalue weighted by Crippen LogP contribution is -2.49. The van der Waals surface area contributed by atoms with E-state index in [0.29, 0.717) is 13.1 Å². The van der Waals surface area contributed by atoms with Gasteiger partial charge in [-0.1, -0.05) is 19.9 Å². The van der Waals surface area contributed by atoms with Gasteiger partial charge in [0.2, 0.25) is 5.91 Å². The minimum absolute atomic E-state index is 0.104. The van der Waals surface area contributed by atoms with Crippen LogP contribution in [-0.2, 0) is 16.8 Å². The van der Waals surface area contributed by atoms with E-state index in [2.05, 4.69) is 29.0 Å². The molecule has 0 spiro atoms. The molecule has 5 rings (SSSR count). The third-order valence-electron chi connectivity index (χ3n) is 8.23. The average molecular weight is 496 g/mol. The summed E-state index contributed by atoms with van der Waals surface area (Å²) in [7, 11) is 0. The van der Waals surface area contributed by atoms with Gasteiger partial charge >= 0.3 is 5.69 Å².